The van der Waals surface area contributed by atoms with Crippen LogP contribution in [0.4, 0.5) is 0 Å². The third-order valence-electron chi connectivity index (χ3n) is 2.94. The van der Waals surface area contributed by atoms with E-state index in [9.17, 15) is 8.42 Å². The van der Waals surface area contributed by atoms with Gasteiger partial charge in [0.1, 0.15) is 11.0 Å². The van der Waals surface area contributed by atoms with E-state index in [1.165, 1.54) is 18.3 Å². The lowest BCUT2D eigenvalue weighted by molar-refractivity contribution is 0.0453. The van der Waals surface area contributed by atoms with Gasteiger partial charge in [-0.05, 0) is 30.9 Å². The van der Waals surface area contributed by atoms with E-state index in [0.717, 1.165) is 0 Å². The fraction of sp³-hybridized carbons (Fsp3) is 0.455. The smallest absolute Gasteiger partial charge is 0.243 e. The van der Waals surface area contributed by atoms with Gasteiger partial charge in [0.05, 0.1) is 6.10 Å². The van der Waals surface area contributed by atoms with Gasteiger partial charge in [-0.15, -0.1) is 0 Å². The molecule has 0 saturated heterocycles. The van der Waals surface area contributed by atoms with Crippen LogP contribution in [0, 0.1) is 17.2 Å². The maximum absolute atomic E-state index is 12.0. The highest BCUT2D eigenvalue weighted by Gasteiger charge is 2.29. The van der Waals surface area contributed by atoms with E-state index in [-0.39, 0.29) is 29.2 Å². The van der Waals surface area contributed by atoms with E-state index in [2.05, 4.69) is 9.71 Å². The standard InChI is InChI=1S/C11H13N3O3S/c12-6-10-11(2-1-3-13-10)18(16,17)14-7-8-4-9(15)5-8/h1-3,8-9,14-15H,4-5,7H2. The molecule has 6 nitrogen and oxygen atoms in total. The summed E-state index contributed by atoms with van der Waals surface area (Å²) in [6.07, 6.45) is 2.29. The fourth-order valence-electron chi connectivity index (χ4n) is 1.86. The van der Waals surface area contributed by atoms with Crippen molar-refractivity contribution in [2.24, 2.45) is 5.92 Å². The minimum Gasteiger partial charge on any atom is -0.393 e. The van der Waals surface area contributed by atoms with Crippen LogP contribution in [-0.2, 0) is 10.0 Å². The minimum atomic E-state index is -3.71. The number of rotatable bonds is 4. The first-order valence-electron chi connectivity index (χ1n) is 5.56. The minimum absolute atomic E-state index is 0.104. The van der Waals surface area contributed by atoms with Gasteiger partial charge in [-0.2, -0.15) is 5.26 Å². The van der Waals surface area contributed by atoms with Gasteiger partial charge in [-0.25, -0.2) is 18.1 Å². The van der Waals surface area contributed by atoms with Gasteiger partial charge in [0.15, 0.2) is 5.69 Å². The summed E-state index contributed by atoms with van der Waals surface area (Å²) in [5, 5.41) is 17.9. The molecule has 0 amide bonds. The molecule has 7 heteroatoms. The summed E-state index contributed by atoms with van der Waals surface area (Å²) < 4.78 is 26.4. The van der Waals surface area contributed by atoms with Crippen LogP contribution < -0.4 is 4.72 Å². The molecule has 96 valence electrons. The Kier molecular flexibility index (Phi) is 3.61. The predicted octanol–water partition coefficient (Wildman–Crippen LogP) is 0.00248. The molecule has 18 heavy (non-hydrogen) atoms. The summed E-state index contributed by atoms with van der Waals surface area (Å²) in [7, 11) is -3.71. The number of sulfonamides is 1. The lowest BCUT2D eigenvalue weighted by atomic mass is 9.83. The number of aliphatic hydroxyl groups is 1. The molecule has 1 saturated carbocycles. The van der Waals surface area contributed by atoms with Gasteiger partial charge in [0, 0.05) is 12.7 Å². The maximum Gasteiger partial charge on any atom is 0.243 e. The molecule has 1 aromatic rings. The third kappa shape index (κ3) is 2.67. The highest BCUT2D eigenvalue weighted by atomic mass is 32.2. The zero-order valence-electron chi connectivity index (χ0n) is 9.57. The Balaban J connectivity index is 2.09. The average Bonchev–Trinajstić information content (AvgIpc) is 2.33. The van der Waals surface area contributed by atoms with Gasteiger partial charge >= 0.3 is 0 Å². The average molecular weight is 267 g/mol. The van der Waals surface area contributed by atoms with Crippen molar-refractivity contribution in [3.8, 4) is 6.07 Å². The quantitative estimate of drug-likeness (QED) is 0.799. The van der Waals surface area contributed by atoms with Gasteiger partial charge in [0.25, 0.3) is 0 Å². The second-order valence-electron chi connectivity index (χ2n) is 4.31. The fourth-order valence-corrected chi connectivity index (χ4v) is 3.09. The molecular weight excluding hydrogens is 254 g/mol. The summed E-state index contributed by atoms with van der Waals surface area (Å²) in [5.74, 6) is 0.164. The van der Waals surface area contributed by atoms with Crippen molar-refractivity contribution in [3.05, 3.63) is 24.0 Å². The van der Waals surface area contributed by atoms with E-state index in [4.69, 9.17) is 10.4 Å². The van der Waals surface area contributed by atoms with Crippen LogP contribution >= 0.6 is 0 Å². The van der Waals surface area contributed by atoms with E-state index in [1.54, 1.807) is 6.07 Å². The lowest BCUT2D eigenvalue weighted by Crippen LogP contribution is -2.38. The van der Waals surface area contributed by atoms with Crippen LogP contribution in [0.15, 0.2) is 23.2 Å². The number of aromatic nitrogens is 1. The maximum atomic E-state index is 12.0. The van der Waals surface area contributed by atoms with Gasteiger partial charge in [-0.3, -0.25) is 0 Å². The second kappa shape index (κ2) is 5.02. The number of aliphatic hydroxyl groups excluding tert-OH is 1. The number of pyridine rings is 1. The zero-order chi connectivity index (χ0) is 13.2. The number of nitrogens with one attached hydrogen (secondary N) is 1. The first-order valence-corrected chi connectivity index (χ1v) is 7.04. The molecule has 0 bridgehead atoms. The third-order valence-corrected chi connectivity index (χ3v) is 4.39. The monoisotopic (exact) mass is 267 g/mol. The summed E-state index contributed by atoms with van der Waals surface area (Å²) >= 11 is 0. The summed E-state index contributed by atoms with van der Waals surface area (Å²) in [6.45, 7) is 0.277. The molecule has 0 radical (unpaired) electrons. The Labute approximate surface area is 105 Å². The van der Waals surface area contributed by atoms with Crippen LogP contribution in [0.3, 0.4) is 0 Å². The van der Waals surface area contributed by atoms with Gasteiger partial charge in [-0.1, -0.05) is 0 Å². The lowest BCUT2D eigenvalue weighted by Gasteiger charge is -2.31. The molecule has 0 aromatic carbocycles. The molecule has 0 unspecified atom stereocenters. The molecule has 2 rings (SSSR count). The normalized spacial score (nSPS) is 23.1. The summed E-state index contributed by atoms with van der Waals surface area (Å²) in [4.78, 5) is 3.61. The molecule has 0 aliphatic heterocycles. The van der Waals surface area contributed by atoms with Crippen molar-refractivity contribution in [1.29, 1.82) is 5.26 Å². The Morgan fingerprint density at radius 2 is 2.28 bits per heavy atom. The number of nitriles is 1. The van der Waals surface area contributed by atoms with Crippen molar-refractivity contribution >= 4 is 10.0 Å². The summed E-state index contributed by atoms with van der Waals surface area (Å²) in [6, 6.07) is 4.58. The summed E-state index contributed by atoms with van der Waals surface area (Å²) in [5.41, 5.74) is -0.112. The first-order chi connectivity index (χ1) is 8.53. The van der Waals surface area contributed by atoms with Crippen molar-refractivity contribution < 1.29 is 13.5 Å². The number of hydrogen-bond donors (Lipinski definition) is 2. The van der Waals surface area contributed by atoms with E-state index in [1.807, 2.05) is 0 Å². The molecule has 1 heterocycles. The zero-order valence-corrected chi connectivity index (χ0v) is 10.4. The number of hydrogen-bond acceptors (Lipinski definition) is 5. The molecule has 1 aliphatic rings. The Morgan fingerprint density at radius 3 is 2.89 bits per heavy atom. The van der Waals surface area contributed by atoms with Crippen LogP contribution in [0.5, 0.6) is 0 Å². The van der Waals surface area contributed by atoms with E-state index in [0.29, 0.717) is 12.8 Å². The molecule has 1 fully saturated rings. The van der Waals surface area contributed by atoms with Crippen LogP contribution in [0.1, 0.15) is 18.5 Å². The Bertz CT molecular complexity index is 573. The molecule has 1 aromatic heterocycles. The highest BCUT2D eigenvalue weighted by Crippen LogP contribution is 2.26. The first kappa shape index (κ1) is 13.0. The van der Waals surface area contributed by atoms with Crippen LogP contribution in [0.2, 0.25) is 0 Å². The van der Waals surface area contributed by atoms with Crippen molar-refractivity contribution in [2.45, 2.75) is 23.8 Å². The number of nitrogens with zero attached hydrogens (tertiary/aromatic N) is 2. The van der Waals surface area contributed by atoms with Gasteiger partial charge in [0.2, 0.25) is 10.0 Å². The second-order valence-corrected chi connectivity index (χ2v) is 6.04. The molecule has 2 N–H and O–H groups in total. The van der Waals surface area contributed by atoms with Crippen molar-refractivity contribution in [3.63, 3.8) is 0 Å². The molecule has 1 aliphatic carbocycles. The van der Waals surface area contributed by atoms with Crippen molar-refractivity contribution in [2.75, 3.05) is 6.54 Å². The molecule has 0 atom stereocenters. The Morgan fingerprint density at radius 1 is 1.56 bits per heavy atom. The largest absolute Gasteiger partial charge is 0.393 e. The van der Waals surface area contributed by atoms with Crippen molar-refractivity contribution in [1.82, 2.24) is 9.71 Å². The SMILES string of the molecule is N#Cc1ncccc1S(=O)(=O)NCC1CC(O)C1. The van der Waals surface area contributed by atoms with Gasteiger partial charge < -0.3 is 5.11 Å². The highest BCUT2D eigenvalue weighted by molar-refractivity contribution is 7.89. The van der Waals surface area contributed by atoms with Crippen LogP contribution in [-0.4, -0.2) is 31.2 Å². The molecule has 0 spiro atoms. The molecular formula is C11H13N3O3S. The van der Waals surface area contributed by atoms with E-state index >= 15 is 0 Å². The topological polar surface area (TPSA) is 103 Å². The predicted molar refractivity (Wildman–Crippen MR) is 62.9 cm³/mol. The van der Waals surface area contributed by atoms with E-state index < -0.39 is 10.0 Å². The Hall–Kier alpha value is -1.49. The van der Waals surface area contributed by atoms with Crippen LogP contribution in [0.25, 0.3) is 0 Å².